The lowest BCUT2D eigenvalue weighted by molar-refractivity contribution is 0.371. The highest BCUT2D eigenvalue weighted by molar-refractivity contribution is 7.89. The van der Waals surface area contributed by atoms with Gasteiger partial charge in [0.2, 0.25) is 10.0 Å². The van der Waals surface area contributed by atoms with Gasteiger partial charge in [0.25, 0.3) is 0 Å². The van der Waals surface area contributed by atoms with E-state index in [0.29, 0.717) is 36.2 Å². The van der Waals surface area contributed by atoms with Gasteiger partial charge in [-0.05, 0) is 12.1 Å². The van der Waals surface area contributed by atoms with Crippen molar-refractivity contribution < 1.29 is 17.9 Å². The number of benzene rings is 2. The molecule has 2 aromatic carbocycles. The lowest BCUT2D eigenvalue weighted by atomic mass is 10.2. The summed E-state index contributed by atoms with van der Waals surface area (Å²) in [6, 6.07) is 8.23. The molecule has 1 fully saturated rings. The highest BCUT2D eigenvalue weighted by atomic mass is 35.5. The fourth-order valence-electron chi connectivity index (χ4n) is 3.08. The number of hydrogen-bond acceptors (Lipinski definition) is 5. The van der Waals surface area contributed by atoms with Crippen molar-refractivity contribution in [2.45, 2.75) is 4.90 Å². The van der Waals surface area contributed by atoms with Crippen molar-refractivity contribution in [1.29, 1.82) is 0 Å². The van der Waals surface area contributed by atoms with Crippen LogP contribution in [0.3, 0.4) is 0 Å². The van der Waals surface area contributed by atoms with Gasteiger partial charge in [-0.1, -0.05) is 40.9 Å². The number of hydrogen-bond donors (Lipinski definition) is 0. The Balaban J connectivity index is 1.85. The molecule has 0 spiro atoms. The van der Waals surface area contributed by atoms with Crippen LogP contribution in [0.1, 0.15) is 0 Å². The van der Waals surface area contributed by atoms with E-state index in [0.717, 1.165) is 5.69 Å². The minimum atomic E-state index is -3.79. The Labute approximate surface area is 179 Å². The Morgan fingerprint density at radius 2 is 1.54 bits per heavy atom. The fourth-order valence-corrected chi connectivity index (χ4v) is 5.30. The number of piperazine rings is 1. The summed E-state index contributed by atoms with van der Waals surface area (Å²) in [5.74, 6) is 0.441. The zero-order valence-electron chi connectivity index (χ0n) is 15.3. The van der Waals surface area contributed by atoms with E-state index in [2.05, 4.69) is 0 Å². The van der Waals surface area contributed by atoms with Gasteiger partial charge < -0.3 is 14.4 Å². The molecule has 6 nitrogen and oxygen atoms in total. The molecule has 0 radical (unpaired) electrons. The van der Waals surface area contributed by atoms with Crippen molar-refractivity contribution in [3.8, 4) is 11.5 Å². The molecule has 28 heavy (non-hydrogen) atoms. The molecular formula is C18H19Cl3N2O4S. The van der Waals surface area contributed by atoms with Crippen LogP contribution in [0.15, 0.2) is 35.2 Å². The Kier molecular flexibility index (Phi) is 6.51. The number of sulfonamides is 1. The Bertz CT molecular complexity index is 977. The zero-order chi connectivity index (χ0) is 20.5. The van der Waals surface area contributed by atoms with Crippen molar-refractivity contribution in [3.63, 3.8) is 0 Å². The first-order valence-corrected chi connectivity index (χ1v) is 11.0. The first-order valence-electron chi connectivity index (χ1n) is 8.40. The van der Waals surface area contributed by atoms with Crippen LogP contribution < -0.4 is 14.4 Å². The number of halogens is 3. The van der Waals surface area contributed by atoms with Crippen molar-refractivity contribution in [2.75, 3.05) is 45.3 Å². The number of rotatable bonds is 5. The molecule has 0 bridgehead atoms. The van der Waals surface area contributed by atoms with Gasteiger partial charge in [-0.3, -0.25) is 0 Å². The predicted octanol–water partition coefficient (Wildman–Crippen LogP) is 4.17. The topological polar surface area (TPSA) is 59.1 Å². The summed E-state index contributed by atoms with van der Waals surface area (Å²) in [4.78, 5) is 2.03. The molecule has 152 valence electrons. The first-order chi connectivity index (χ1) is 13.3. The summed E-state index contributed by atoms with van der Waals surface area (Å²) in [7, 11) is -0.967. The van der Waals surface area contributed by atoms with Gasteiger partial charge in [0, 0.05) is 38.3 Å². The predicted molar refractivity (Wildman–Crippen MR) is 112 cm³/mol. The normalized spacial score (nSPS) is 15.5. The second kappa shape index (κ2) is 8.55. The van der Waals surface area contributed by atoms with Crippen LogP contribution in [0, 0.1) is 0 Å². The van der Waals surface area contributed by atoms with Crippen LogP contribution in [0.4, 0.5) is 5.69 Å². The van der Waals surface area contributed by atoms with Crippen LogP contribution in [-0.4, -0.2) is 53.1 Å². The molecule has 10 heteroatoms. The fraction of sp³-hybridized carbons (Fsp3) is 0.333. The third kappa shape index (κ3) is 4.00. The molecule has 1 heterocycles. The number of methoxy groups -OCH3 is 2. The molecule has 0 atom stereocenters. The van der Waals surface area contributed by atoms with Crippen molar-refractivity contribution in [3.05, 3.63) is 45.4 Å². The minimum absolute atomic E-state index is 0.0190. The zero-order valence-corrected chi connectivity index (χ0v) is 18.4. The van der Waals surface area contributed by atoms with E-state index < -0.39 is 10.0 Å². The smallest absolute Gasteiger partial charge is 0.247 e. The highest BCUT2D eigenvalue weighted by Gasteiger charge is 2.32. The van der Waals surface area contributed by atoms with E-state index in [4.69, 9.17) is 44.3 Å². The third-order valence-electron chi connectivity index (χ3n) is 4.57. The third-order valence-corrected chi connectivity index (χ3v) is 7.59. The number of anilines is 1. The summed E-state index contributed by atoms with van der Waals surface area (Å²) in [6.45, 7) is 1.54. The quantitative estimate of drug-likeness (QED) is 0.663. The van der Waals surface area contributed by atoms with Crippen molar-refractivity contribution >= 4 is 50.5 Å². The molecule has 0 aliphatic carbocycles. The Hall–Kier alpha value is -1.38. The molecule has 3 rings (SSSR count). The summed E-state index contributed by atoms with van der Waals surface area (Å²) in [5, 5.41) is 1.20. The van der Waals surface area contributed by atoms with Crippen molar-refractivity contribution in [1.82, 2.24) is 4.31 Å². The van der Waals surface area contributed by atoms with Crippen LogP contribution >= 0.6 is 34.8 Å². The van der Waals surface area contributed by atoms with Gasteiger partial charge in [0.05, 0.1) is 35.0 Å². The van der Waals surface area contributed by atoms with Crippen LogP contribution in [0.25, 0.3) is 0 Å². The molecule has 1 aliphatic heterocycles. The maximum Gasteiger partial charge on any atom is 0.247 e. The molecule has 0 saturated carbocycles. The van der Waals surface area contributed by atoms with E-state index in [1.807, 2.05) is 17.0 Å². The second-order valence-electron chi connectivity index (χ2n) is 6.10. The highest BCUT2D eigenvalue weighted by Crippen LogP contribution is 2.37. The molecule has 0 unspecified atom stereocenters. The van der Waals surface area contributed by atoms with E-state index in [9.17, 15) is 8.42 Å². The first kappa shape index (κ1) is 21.3. The lowest BCUT2D eigenvalue weighted by Crippen LogP contribution is -2.48. The summed E-state index contributed by atoms with van der Waals surface area (Å²) in [6.07, 6.45) is 0. The number of ether oxygens (including phenoxy) is 2. The lowest BCUT2D eigenvalue weighted by Gasteiger charge is -2.36. The van der Waals surface area contributed by atoms with E-state index in [1.165, 1.54) is 30.7 Å². The van der Waals surface area contributed by atoms with Gasteiger partial charge in [0.1, 0.15) is 16.4 Å². The van der Waals surface area contributed by atoms with E-state index in [1.54, 1.807) is 6.07 Å². The van der Waals surface area contributed by atoms with Crippen LogP contribution in [0.5, 0.6) is 11.5 Å². The maximum absolute atomic E-state index is 13.2. The standard InChI is InChI=1S/C18H19Cl3N2O4S/c1-26-15-11-17(16(27-2)10-13(15)20)28(24,25)23-8-6-22(7-9-23)14-5-3-4-12(19)18(14)21/h3-5,10-11H,6-9H2,1-2H3. The van der Waals surface area contributed by atoms with Gasteiger partial charge in [0.15, 0.2) is 0 Å². The average Bonchev–Trinajstić information content (AvgIpc) is 2.69. The summed E-state index contributed by atoms with van der Waals surface area (Å²) >= 11 is 18.5. The van der Waals surface area contributed by atoms with Gasteiger partial charge in [-0.15, -0.1) is 0 Å². The van der Waals surface area contributed by atoms with Gasteiger partial charge >= 0.3 is 0 Å². The van der Waals surface area contributed by atoms with E-state index >= 15 is 0 Å². The van der Waals surface area contributed by atoms with Gasteiger partial charge in [-0.2, -0.15) is 4.31 Å². The van der Waals surface area contributed by atoms with Crippen LogP contribution in [-0.2, 0) is 10.0 Å². The molecule has 0 aromatic heterocycles. The minimum Gasteiger partial charge on any atom is -0.495 e. The molecule has 1 aliphatic rings. The molecular weight excluding hydrogens is 447 g/mol. The maximum atomic E-state index is 13.2. The Morgan fingerprint density at radius 3 is 2.14 bits per heavy atom. The van der Waals surface area contributed by atoms with Crippen LogP contribution in [0.2, 0.25) is 15.1 Å². The largest absolute Gasteiger partial charge is 0.495 e. The Morgan fingerprint density at radius 1 is 0.893 bits per heavy atom. The number of nitrogens with zero attached hydrogens (tertiary/aromatic N) is 2. The van der Waals surface area contributed by atoms with Crippen molar-refractivity contribution in [2.24, 2.45) is 0 Å². The van der Waals surface area contributed by atoms with E-state index in [-0.39, 0.29) is 21.4 Å². The summed E-state index contributed by atoms with van der Waals surface area (Å²) in [5.41, 5.74) is 0.789. The molecule has 2 aromatic rings. The SMILES string of the molecule is COc1cc(S(=O)(=O)N2CCN(c3cccc(Cl)c3Cl)CC2)c(OC)cc1Cl. The second-order valence-corrected chi connectivity index (χ2v) is 9.20. The molecule has 1 saturated heterocycles. The summed E-state index contributed by atoms with van der Waals surface area (Å²) < 4.78 is 38.2. The average molecular weight is 466 g/mol. The molecule has 0 amide bonds. The monoisotopic (exact) mass is 464 g/mol. The van der Waals surface area contributed by atoms with Gasteiger partial charge in [-0.25, -0.2) is 8.42 Å². The molecule has 0 N–H and O–H groups in total.